The predicted molar refractivity (Wildman–Crippen MR) is 97.3 cm³/mol. The summed E-state index contributed by atoms with van der Waals surface area (Å²) < 4.78 is 0. The summed E-state index contributed by atoms with van der Waals surface area (Å²) >= 11 is 0. The van der Waals surface area contributed by atoms with Gasteiger partial charge in [-0.15, -0.1) is 0 Å². The molecule has 0 aliphatic heterocycles. The third-order valence-corrected chi connectivity index (χ3v) is 5.17. The Bertz CT molecular complexity index is 537. The average molecular weight is 316 g/mol. The molecule has 0 heterocycles. The van der Waals surface area contributed by atoms with E-state index >= 15 is 0 Å². The standard InChI is InChI=1S/C21H32O2/c1-14(2)16-11-20(5,9-7-18(16)22)13-21(6)10-8-19(23)17(12-21)15(3)4/h7-8,11-12,14-15,22-23H,9-10,13H2,1-6H3. The summed E-state index contributed by atoms with van der Waals surface area (Å²) in [4.78, 5) is 0. The average Bonchev–Trinajstić information content (AvgIpc) is 2.44. The van der Waals surface area contributed by atoms with Gasteiger partial charge in [0.1, 0.15) is 11.5 Å². The van der Waals surface area contributed by atoms with E-state index in [-0.39, 0.29) is 10.8 Å². The van der Waals surface area contributed by atoms with Gasteiger partial charge in [-0.2, -0.15) is 0 Å². The van der Waals surface area contributed by atoms with E-state index < -0.39 is 0 Å². The second kappa shape index (κ2) is 6.22. The minimum absolute atomic E-state index is 0.0416. The summed E-state index contributed by atoms with van der Waals surface area (Å²) in [6, 6.07) is 0. The highest BCUT2D eigenvalue weighted by atomic mass is 16.3. The second-order valence-electron chi connectivity index (χ2n) is 8.58. The molecule has 0 saturated carbocycles. The Labute approximate surface area is 141 Å². The maximum atomic E-state index is 10.1. The van der Waals surface area contributed by atoms with Crippen LogP contribution >= 0.6 is 0 Å². The number of allylic oxidation sites excluding steroid dienone is 6. The van der Waals surface area contributed by atoms with Crippen LogP contribution in [-0.4, -0.2) is 10.2 Å². The van der Waals surface area contributed by atoms with Gasteiger partial charge >= 0.3 is 0 Å². The number of hydrogen-bond acceptors (Lipinski definition) is 2. The fraction of sp³-hybridized carbons (Fsp3) is 0.619. The van der Waals surface area contributed by atoms with Gasteiger partial charge in [-0.25, -0.2) is 0 Å². The zero-order valence-corrected chi connectivity index (χ0v) is 15.5. The SMILES string of the molecule is CC(C)C1=CC(C)(CC2(C)C=C(C(C)C)C(O)=CC2)CC=C1O. The van der Waals surface area contributed by atoms with Gasteiger partial charge in [0, 0.05) is 0 Å². The summed E-state index contributed by atoms with van der Waals surface area (Å²) in [6.45, 7) is 13.1. The van der Waals surface area contributed by atoms with Crippen LogP contribution in [0.1, 0.15) is 60.8 Å². The number of rotatable bonds is 4. The molecule has 0 radical (unpaired) electrons. The molecule has 0 fully saturated rings. The van der Waals surface area contributed by atoms with E-state index in [1.165, 1.54) is 0 Å². The molecule has 0 aromatic carbocycles. The van der Waals surface area contributed by atoms with Crippen molar-refractivity contribution in [2.75, 3.05) is 0 Å². The van der Waals surface area contributed by atoms with E-state index in [0.717, 1.165) is 30.4 Å². The lowest BCUT2D eigenvalue weighted by Crippen LogP contribution is -2.29. The highest BCUT2D eigenvalue weighted by Gasteiger charge is 2.36. The van der Waals surface area contributed by atoms with Crippen molar-refractivity contribution in [1.29, 1.82) is 0 Å². The van der Waals surface area contributed by atoms with Gasteiger partial charge in [0.2, 0.25) is 0 Å². The Morgan fingerprint density at radius 1 is 0.826 bits per heavy atom. The largest absolute Gasteiger partial charge is 0.508 e. The summed E-state index contributed by atoms with van der Waals surface area (Å²) in [5, 5.41) is 20.3. The van der Waals surface area contributed by atoms with Gasteiger partial charge in [-0.3, -0.25) is 0 Å². The molecule has 2 unspecified atom stereocenters. The van der Waals surface area contributed by atoms with Crippen molar-refractivity contribution >= 4 is 0 Å². The quantitative estimate of drug-likeness (QED) is 0.644. The van der Waals surface area contributed by atoms with Crippen LogP contribution in [0.3, 0.4) is 0 Å². The minimum atomic E-state index is 0.0416. The minimum Gasteiger partial charge on any atom is -0.508 e. The lowest BCUT2D eigenvalue weighted by atomic mass is 9.65. The fourth-order valence-electron chi connectivity index (χ4n) is 4.01. The third kappa shape index (κ3) is 3.91. The van der Waals surface area contributed by atoms with E-state index in [4.69, 9.17) is 0 Å². The van der Waals surface area contributed by atoms with Gasteiger partial charge in [0.25, 0.3) is 0 Å². The summed E-state index contributed by atoms with van der Waals surface area (Å²) in [6.07, 6.45) is 11.2. The van der Waals surface area contributed by atoms with Crippen molar-refractivity contribution in [2.24, 2.45) is 22.7 Å². The van der Waals surface area contributed by atoms with Gasteiger partial charge in [-0.05, 0) is 65.2 Å². The van der Waals surface area contributed by atoms with E-state index in [9.17, 15) is 10.2 Å². The van der Waals surface area contributed by atoms with Crippen molar-refractivity contribution in [1.82, 2.24) is 0 Å². The monoisotopic (exact) mass is 316 g/mol. The normalized spacial score (nSPS) is 31.7. The van der Waals surface area contributed by atoms with Crippen molar-refractivity contribution in [3.05, 3.63) is 47.0 Å². The van der Waals surface area contributed by atoms with Gasteiger partial charge in [0.15, 0.2) is 0 Å². The summed E-state index contributed by atoms with van der Waals surface area (Å²) in [7, 11) is 0. The first-order valence-corrected chi connectivity index (χ1v) is 8.80. The number of hydrogen-bond donors (Lipinski definition) is 2. The first kappa shape index (κ1) is 17.9. The molecule has 128 valence electrons. The van der Waals surface area contributed by atoms with Crippen molar-refractivity contribution in [2.45, 2.75) is 60.8 Å². The van der Waals surface area contributed by atoms with Crippen LogP contribution in [0, 0.1) is 22.7 Å². The molecular formula is C21H32O2. The van der Waals surface area contributed by atoms with Crippen LogP contribution in [0.2, 0.25) is 0 Å². The summed E-state index contributed by atoms with van der Waals surface area (Å²) in [5.41, 5.74) is 2.20. The maximum absolute atomic E-state index is 10.1. The van der Waals surface area contributed by atoms with Gasteiger partial charge in [-0.1, -0.05) is 53.7 Å². The Kier molecular flexibility index (Phi) is 4.84. The second-order valence-corrected chi connectivity index (χ2v) is 8.58. The molecule has 0 spiro atoms. The van der Waals surface area contributed by atoms with Crippen LogP contribution in [0.5, 0.6) is 0 Å². The van der Waals surface area contributed by atoms with Crippen LogP contribution in [0.4, 0.5) is 0 Å². The molecule has 2 atom stereocenters. The van der Waals surface area contributed by atoms with Crippen LogP contribution in [0.15, 0.2) is 47.0 Å². The molecule has 0 saturated heterocycles. The number of aliphatic hydroxyl groups is 2. The molecule has 0 amide bonds. The predicted octanol–water partition coefficient (Wildman–Crippen LogP) is 6.25. The molecule has 2 heteroatoms. The van der Waals surface area contributed by atoms with Crippen LogP contribution in [0.25, 0.3) is 0 Å². The Morgan fingerprint density at radius 2 is 1.17 bits per heavy atom. The molecule has 0 aromatic heterocycles. The Morgan fingerprint density at radius 3 is 1.48 bits per heavy atom. The molecule has 0 aromatic rings. The van der Waals surface area contributed by atoms with Gasteiger partial charge < -0.3 is 10.2 Å². The molecule has 2 nitrogen and oxygen atoms in total. The molecule has 2 N–H and O–H groups in total. The Balaban J connectivity index is 2.28. The molecule has 0 bridgehead atoms. The van der Waals surface area contributed by atoms with E-state index in [0.29, 0.717) is 23.4 Å². The molecular weight excluding hydrogens is 284 g/mol. The molecule has 2 aliphatic carbocycles. The number of aliphatic hydroxyl groups excluding tert-OH is 2. The lowest BCUT2D eigenvalue weighted by molar-refractivity contribution is 0.236. The van der Waals surface area contributed by atoms with Crippen molar-refractivity contribution in [3.63, 3.8) is 0 Å². The van der Waals surface area contributed by atoms with Crippen molar-refractivity contribution < 1.29 is 10.2 Å². The zero-order chi connectivity index (χ0) is 17.4. The van der Waals surface area contributed by atoms with Crippen LogP contribution < -0.4 is 0 Å². The highest BCUT2D eigenvalue weighted by Crippen LogP contribution is 2.48. The van der Waals surface area contributed by atoms with Crippen molar-refractivity contribution in [3.8, 4) is 0 Å². The van der Waals surface area contributed by atoms with Crippen LogP contribution in [-0.2, 0) is 0 Å². The molecule has 2 aliphatic rings. The van der Waals surface area contributed by atoms with E-state index in [2.05, 4.69) is 53.7 Å². The van der Waals surface area contributed by atoms with E-state index in [1.807, 2.05) is 12.2 Å². The smallest absolute Gasteiger partial charge is 0.114 e. The lowest BCUT2D eigenvalue weighted by Gasteiger charge is -2.40. The maximum Gasteiger partial charge on any atom is 0.114 e. The topological polar surface area (TPSA) is 40.5 Å². The van der Waals surface area contributed by atoms with E-state index in [1.54, 1.807) is 0 Å². The van der Waals surface area contributed by atoms with Gasteiger partial charge in [0.05, 0.1) is 0 Å². The first-order chi connectivity index (χ1) is 10.6. The Hall–Kier alpha value is -1.44. The molecule has 2 rings (SSSR count). The zero-order valence-electron chi connectivity index (χ0n) is 15.5. The summed E-state index contributed by atoms with van der Waals surface area (Å²) in [5.74, 6) is 1.55. The first-order valence-electron chi connectivity index (χ1n) is 8.80. The third-order valence-electron chi connectivity index (χ3n) is 5.17. The fourth-order valence-corrected chi connectivity index (χ4v) is 4.01. The molecule has 23 heavy (non-hydrogen) atoms. The highest BCUT2D eigenvalue weighted by molar-refractivity contribution is 5.36.